The predicted octanol–water partition coefficient (Wildman–Crippen LogP) is 0.536. The fourth-order valence-electron chi connectivity index (χ4n) is 1.98. The van der Waals surface area contributed by atoms with Crippen LogP contribution in [-0.2, 0) is 33.2 Å². The van der Waals surface area contributed by atoms with Gasteiger partial charge in [-0.25, -0.2) is 0 Å². The van der Waals surface area contributed by atoms with E-state index in [9.17, 15) is 27.8 Å². The molecule has 0 saturated carbocycles. The topological polar surface area (TPSA) is 125 Å². The highest BCUT2D eigenvalue weighted by Gasteiger charge is 2.44. The average molecular weight is 498 g/mol. The Hall–Kier alpha value is -0.940. The van der Waals surface area contributed by atoms with E-state index in [0.29, 0.717) is 13.0 Å². The molecule has 0 heterocycles. The number of aliphatic hydroxyl groups is 3. The molecule has 0 bridgehead atoms. The third-order valence-electron chi connectivity index (χ3n) is 3.30. The summed E-state index contributed by atoms with van der Waals surface area (Å²) in [7, 11) is 0. The summed E-state index contributed by atoms with van der Waals surface area (Å²) in [5.41, 5.74) is 0. The van der Waals surface area contributed by atoms with Crippen LogP contribution in [0.25, 0.3) is 0 Å². The molecule has 10 nitrogen and oxygen atoms in total. The van der Waals surface area contributed by atoms with Gasteiger partial charge in [-0.1, -0.05) is 6.08 Å². The van der Waals surface area contributed by atoms with Crippen molar-refractivity contribution in [3.8, 4) is 0 Å². The fourth-order valence-corrected chi connectivity index (χ4v) is 1.98. The first-order chi connectivity index (χ1) is 15.6. The minimum Gasteiger partial charge on any atom is -0.396 e. The third-order valence-corrected chi connectivity index (χ3v) is 3.30. The summed E-state index contributed by atoms with van der Waals surface area (Å²) in [5, 5.41) is 27.5. The molecule has 0 spiro atoms. The van der Waals surface area contributed by atoms with Gasteiger partial charge in [0.25, 0.3) is 0 Å². The van der Waals surface area contributed by atoms with Gasteiger partial charge in [-0.05, 0) is 6.42 Å². The molecule has 0 radical (unpaired) electrons. The number of rotatable bonds is 24. The molecule has 0 rings (SSSR count). The molecule has 0 aromatic rings. The molecule has 33 heavy (non-hydrogen) atoms. The molecule has 0 aliphatic carbocycles. The van der Waals surface area contributed by atoms with Crippen LogP contribution in [0.5, 0.6) is 0 Å². The molecular weight excluding hydrogens is 464 g/mol. The van der Waals surface area contributed by atoms with Crippen molar-refractivity contribution in [1.29, 1.82) is 0 Å². The summed E-state index contributed by atoms with van der Waals surface area (Å²) in [6, 6.07) is 0. The SMILES string of the molecule is C=CCOCC(O)COCC(F)(F)OC(F)(F)COCOCCOCC(O)COCCCO. The van der Waals surface area contributed by atoms with Crippen molar-refractivity contribution >= 4 is 0 Å². The van der Waals surface area contributed by atoms with Crippen LogP contribution in [0.1, 0.15) is 6.42 Å². The van der Waals surface area contributed by atoms with E-state index in [4.69, 9.17) is 24.1 Å². The molecule has 0 saturated heterocycles. The summed E-state index contributed by atoms with van der Waals surface area (Å²) >= 11 is 0. The van der Waals surface area contributed by atoms with E-state index in [1.807, 2.05) is 0 Å². The van der Waals surface area contributed by atoms with Crippen molar-refractivity contribution < 1.29 is 66.0 Å². The maximum Gasteiger partial charge on any atom is 0.383 e. The van der Waals surface area contributed by atoms with Gasteiger partial charge in [0.1, 0.15) is 32.2 Å². The fraction of sp³-hybridized carbons (Fsp3) is 0.895. The molecule has 198 valence electrons. The highest BCUT2D eigenvalue weighted by molar-refractivity contribution is 4.65. The minimum atomic E-state index is -4.33. The van der Waals surface area contributed by atoms with Crippen LogP contribution in [0.15, 0.2) is 12.7 Å². The molecule has 3 N–H and O–H groups in total. The zero-order chi connectivity index (χ0) is 25.0. The number of aliphatic hydroxyl groups excluding tert-OH is 3. The second kappa shape index (κ2) is 19.4. The first-order valence-corrected chi connectivity index (χ1v) is 10.1. The van der Waals surface area contributed by atoms with E-state index in [1.165, 1.54) is 6.08 Å². The van der Waals surface area contributed by atoms with Crippen molar-refractivity contribution in [3.63, 3.8) is 0 Å². The Morgan fingerprint density at radius 2 is 1.24 bits per heavy atom. The summed E-state index contributed by atoms with van der Waals surface area (Å²) in [6.07, 6.45) is -8.88. The standard InChI is InChI=1S/C19H34F4O10/c1-2-5-27-9-17(26)12-31-13-18(20,21)33-19(22,23)14-32-15-30-8-7-29-11-16(25)10-28-6-3-4-24/h2,16-17,24-26H,1,3-15H2. The Morgan fingerprint density at radius 3 is 1.85 bits per heavy atom. The van der Waals surface area contributed by atoms with Crippen molar-refractivity contribution in [2.24, 2.45) is 0 Å². The largest absolute Gasteiger partial charge is 0.396 e. The van der Waals surface area contributed by atoms with Crippen LogP contribution < -0.4 is 0 Å². The molecular formula is C19H34F4O10. The lowest BCUT2D eigenvalue weighted by molar-refractivity contribution is -0.396. The smallest absolute Gasteiger partial charge is 0.383 e. The van der Waals surface area contributed by atoms with Gasteiger partial charge in [0.05, 0.1) is 46.2 Å². The summed E-state index contributed by atoms with van der Waals surface area (Å²) in [4.78, 5) is 0. The van der Waals surface area contributed by atoms with Gasteiger partial charge in [-0.15, -0.1) is 6.58 Å². The van der Waals surface area contributed by atoms with Crippen molar-refractivity contribution in [2.45, 2.75) is 30.8 Å². The maximum atomic E-state index is 13.5. The molecule has 14 heteroatoms. The summed E-state index contributed by atoms with van der Waals surface area (Å²) in [5.74, 6) is 0. The lowest BCUT2D eigenvalue weighted by atomic mass is 10.4. The zero-order valence-electron chi connectivity index (χ0n) is 18.3. The lowest BCUT2D eigenvalue weighted by Crippen LogP contribution is -2.40. The van der Waals surface area contributed by atoms with E-state index in [1.54, 1.807) is 0 Å². The molecule has 0 aliphatic heterocycles. The lowest BCUT2D eigenvalue weighted by Gasteiger charge is -2.24. The molecule has 0 fully saturated rings. The van der Waals surface area contributed by atoms with Crippen LogP contribution in [0.3, 0.4) is 0 Å². The Kier molecular flexibility index (Phi) is 18.8. The molecule has 2 atom stereocenters. The van der Waals surface area contributed by atoms with Gasteiger partial charge in [0, 0.05) is 13.2 Å². The van der Waals surface area contributed by atoms with Crippen LogP contribution in [0.4, 0.5) is 17.6 Å². The number of alkyl halides is 4. The normalized spacial score (nSPS) is 14.4. The van der Waals surface area contributed by atoms with Crippen LogP contribution in [-0.4, -0.2) is 119 Å². The van der Waals surface area contributed by atoms with Gasteiger partial charge in [-0.3, -0.25) is 4.74 Å². The van der Waals surface area contributed by atoms with E-state index < -0.39 is 51.0 Å². The monoisotopic (exact) mass is 498 g/mol. The van der Waals surface area contributed by atoms with Crippen molar-refractivity contribution in [1.82, 2.24) is 0 Å². The van der Waals surface area contributed by atoms with Gasteiger partial charge >= 0.3 is 12.2 Å². The van der Waals surface area contributed by atoms with Crippen LogP contribution >= 0.6 is 0 Å². The minimum absolute atomic E-state index is 0.0148. The number of hydrogen-bond donors (Lipinski definition) is 3. The van der Waals surface area contributed by atoms with Gasteiger partial charge in [0.2, 0.25) is 0 Å². The van der Waals surface area contributed by atoms with Crippen LogP contribution in [0, 0.1) is 0 Å². The number of hydrogen-bond acceptors (Lipinski definition) is 10. The highest BCUT2D eigenvalue weighted by Crippen LogP contribution is 2.27. The molecule has 0 aromatic heterocycles. The predicted molar refractivity (Wildman–Crippen MR) is 105 cm³/mol. The summed E-state index contributed by atoms with van der Waals surface area (Å²) in [6.45, 7) is -0.656. The van der Waals surface area contributed by atoms with E-state index >= 15 is 0 Å². The van der Waals surface area contributed by atoms with Crippen LogP contribution in [0.2, 0.25) is 0 Å². The highest BCUT2D eigenvalue weighted by atomic mass is 19.3. The third kappa shape index (κ3) is 21.3. The number of ether oxygens (including phenoxy) is 7. The molecule has 0 aliphatic rings. The Bertz CT molecular complexity index is 474. The van der Waals surface area contributed by atoms with Crippen molar-refractivity contribution in [3.05, 3.63) is 12.7 Å². The first-order valence-electron chi connectivity index (χ1n) is 10.1. The second-order valence-corrected chi connectivity index (χ2v) is 6.63. The zero-order valence-corrected chi connectivity index (χ0v) is 18.3. The Morgan fingerprint density at radius 1 is 0.727 bits per heavy atom. The quantitative estimate of drug-likeness (QED) is 0.0751. The first kappa shape index (κ1) is 32.1. The van der Waals surface area contributed by atoms with E-state index in [0.717, 1.165) is 0 Å². The van der Waals surface area contributed by atoms with Gasteiger partial charge in [-0.2, -0.15) is 17.6 Å². The van der Waals surface area contributed by atoms with E-state index in [-0.39, 0.29) is 46.2 Å². The second-order valence-electron chi connectivity index (χ2n) is 6.63. The van der Waals surface area contributed by atoms with Gasteiger partial charge in [0.15, 0.2) is 0 Å². The Balaban J connectivity index is 3.80. The molecule has 0 aromatic carbocycles. The molecule has 2 unspecified atom stereocenters. The van der Waals surface area contributed by atoms with Crippen molar-refractivity contribution in [2.75, 3.05) is 79.5 Å². The number of halogens is 4. The Labute approximate surface area is 189 Å². The maximum absolute atomic E-state index is 13.5. The van der Waals surface area contributed by atoms with E-state index in [2.05, 4.69) is 20.8 Å². The van der Waals surface area contributed by atoms with Gasteiger partial charge < -0.3 is 43.7 Å². The summed E-state index contributed by atoms with van der Waals surface area (Å²) < 4.78 is 86.2. The average Bonchev–Trinajstić information content (AvgIpc) is 2.72. The molecule has 0 amide bonds.